The number of carbonyl (C=O) groups excluding carboxylic acids is 1. The van der Waals surface area contributed by atoms with Crippen LogP contribution in [0.25, 0.3) is 0 Å². The summed E-state index contributed by atoms with van der Waals surface area (Å²) in [4.78, 5) is 13.6. The molecule has 1 atom stereocenters. The number of rotatable bonds is 5. The van der Waals surface area contributed by atoms with Crippen molar-refractivity contribution in [1.29, 1.82) is 0 Å². The van der Waals surface area contributed by atoms with Crippen molar-refractivity contribution in [3.05, 3.63) is 23.8 Å². The van der Waals surface area contributed by atoms with Crippen LogP contribution in [-0.4, -0.2) is 32.1 Å². The largest absolute Gasteiger partial charge is 0.479 e. The normalized spacial score (nSPS) is 18.1. The Bertz CT molecular complexity index is 485. The van der Waals surface area contributed by atoms with Gasteiger partial charge in [0, 0.05) is 7.05 Å². The molecule has 1 aromatic carbocycles. The van der Waals surface area contributed by atoms with Crippen LogP contribution in [0.3, 0.4) is 0 Å². The second-order valence-electron chi connectivity index (χ2n) is 5.81. The lowest BCUT2D eigenvalue weighted by Crippen LogP contribution is -2.42. The first-order chi connectivity index (χ1) is 9.49. The van der Waals surface area contributed by atoms with Gasteiger partial charge in [-0.2, -0.15) is 0 Å². The summed E-state index contributed by atoms with van der Waals surface area (Å²) in [5.41, 5.74) is 2.09. The van der Waals surface area contributed by atoms with Crippen molar-refractivity contribution in [2.24, 2.45) is 5.92 Å². The van der Waals surface area contributed by atoms with Gasteiger partial charge in [0.05, 0.1) is 5.69 Å². The van der Waals surface area contributed by atoms with Crippen LogP contribution < -0.4 is 15.0 Å². The minimum Gasteiger partial charge on any atom is -0.479 e. The van der Waals surface area contributed by atoms with E-state index in [0.717, 1.165) is 30.9 Å². The molecular weight excluding hydrogens is 252 g/mol. The van der Waals surface area contributed by atoms with Gasteiger partial charge < -0.3 is 15.0 Å². The summed E-state index contributed by atoms with van der Waals surface area (Å²) in [6.07, 6.45) is 0.559. The second kappa shape index (κ2) is 6.27. The van der Waals surface area contributed by atoms with Gasteiger partial charge in [0.1, 0.15) is 5.75 Å². The van der Waals surface area contributed by atoms with Crippen molar-refractivity contribution in [2.45, 2.75) is 33.3 Å². The van der Waals surface area contributed by atoms with Gasteiger partial charge in [0.25, 0.3) is 5.91 Å². The molecule has 0 aromatic heterocycles. The van der Waals surface area contributed by atoms with Crippen LogP contribution in [0.1, 0.15) is 26.3 Å². The third-order valence-corrected chi connectivity index (χ3v) is 3.51. The van der Waals surface area contributed by atoms with E-state index in [4.69, 9.17) is 4.74 Å². The number of hydrogen-bond acceptors (Lipinski definition) is 3. The van der Waals surface area contributed by atoms with Gasteiger partial charge in [0.2, 0.25) is 0 Å². The number of benzene rings is 1. The maximum absolute atomic E-state index is 11.9. The highest BCUT2D eigenvalue weighted by Gasteiger charge is 2.28. The Morgan fingerprint density at radius 1 is 1.40 bits per heavy atom. The van der Waals surface area contributed by atoms with Crippen LogP contribution in [0.4, 0.5) is 5.69 Å². The molecule has 4 nitrogen and oxygen atoms in total. The van der Waals surface area contributed by atoms with Gasteiger partial charge in [-0.15, -0.1) is 0 Å². The van der Waals surface area contributed by atoms with Crippen LogP contribution >= 0.6 is 0 Å². The Morgan fingerprint density at radius 2 is 2.15 bits per heavy atom. The van der Waals surface area contributed by atoms with E-state index in [9.17, 15) is 4.79 Å². The summed E-state index contributed by atoms with van der Waals surface area (Å²) in [6, 6.07) is 6.09. The van der Waals surface area contributed by atoms with Gasteiger partial charge in [-0.1, -0.05) is 19.9 Å². The lowest BCUT2D eigenvalue weighted by atomic mass is 10.1. The fourth-order valence-electron chi connectivity index (χ4n) is 2.34. The molecule has 110 valence electrons. The summed E-state index contributed by atoms with van der Waals surface area (Å²) in [5, 5.41) is 3.43. The number of ether oxygens (including phenoxy) is 1. The number of anilines is 1. The van der Waals surface area contributed by atoms with Crippen LogP contribution in [0.5, 0.6) is 5.75 Å². The molecule has 20 heavy (non-hydrogen) atoms. The molecule has 1 aliphatic heterocycles. The second-order valence-corrected chi connectivity index (χ2v) is 5.81. The Morgan fingerprint density at radius 3 is 2.85 bits per heavy atom. The summed E-state index contributed by atoms with van der Waals surface area (Å²) in [5.74, 6) is 1.46. The van der Waals surface area contributed by atoms with Gasteiger partial charge >= 0.3 is 0 Å². The fraction of sp³-hybridized carbons (Fsp3) is 0.562. The van der Waals surface area contributed by atoms with Crippen LogP contribution in [-0.2, 0) is 11.2 Å². The number of hydrogen-bond donors (Lipinski definition) is 1. The molecule has 0 radical (unpaired) electrons. The molecule has 0 saturated carbocycles. The van der Waals surface area contributed by atoms with Gasteiger partial charge in [-0.3, -0.25) is 4.79 Å². The highest BCUT2D eigenvalue weighted by molar-refractivity contribution is 5.99. The average Bonchev–Trinajstić information content (AvgIpc) is 2.41. The van der Waals surface area contributed by atoms with E-state index >= 15 is 0 Å². The fourth-order valence-corrected chi connectivity index (χ4v) is 2.34. The summed E-state index contributed by atoms with van der Waals surface area (Å²) >= 11 is 0. The van der Waals surface area contributed by atoms with E-state index in [2.05, 4.69) is 31.3 Å². The molecular formula is C16H24N2O2. The molecule has 4 heteroatoms. The maximum atomic E-state index is 11.9. The van der Waals surface area contributed by atoms with Crippen molar-refractivity contribution in [3.63, 3.8) is 0 Å². The maximum Gasteiger partial charge on any atom is 0.267 e. The van der Waals surface area contributed by atoms with E-state index in [1.807, 2.05) is 6.07 Å². The van der Waals surface area contributed by atoms with Gasteiger partial charge in [-0.25, -0.2) is 0 Å². The third kappa shape index (κ3) is 3.31. The first kappa shape index (κ1) is 14.9. The molecule has 0 spiro atoms. The Kier molecular flexibility index (Phi) is 4.65. The molecule has 1 aromatic rings. The van der Waals surface area contributed by atoms with Crippen LogP contribution in [0.2, 0.25) is 0 Å². The van der Waals surface area contributed by atoms with Crippen molar-refractivity contribution in [2.75, 3.05) is 25.0 Å². The van der Waals surface area contributed by atoms with Crippen molar-refractivity contribution in [1.82, 2.24) is 5.32 Å². The standard InChI is InChI=1S/C16H24N2O2/c1-11(2)10-17-8-7-13-5-6-15-14(9-13)18(4)16(19)12(3)20-15/h5-6,9,11-12,17H,7-8,10H2,1-4H3. The number of amides is 1. The monoisotopic (exact) mass is 276 g/mol. The number of likely N-dealkylation sites (N-methyl/N-ethyl adjacent to an activating group) is 1. The molecule has 1 heterocycles. The van der Waals surface area contributed by atoms with E-state index in [-0.39, 0.29) is 5.91 Å². The van der Waals surface area contributed by atoms with Gasteiger partial charge in [-0.05, 0) is 50.0 Å². The Labute approximate surface area is 121 Å². The van der Waals surface area contributed by atoms with Crippen molar-refractivity contribution in [3.8, 4) is 5.75 Å². The Hall–Kier alpha value is -1.55. The van der Waals surface area contributed by atoms with Crippen molar-refractivity contribution >= 4 is 11.6 Å². The lowest BCUT2D eigenvalue weighted by Gasteiger charge is -2.30. The van der Waals surface area contributed by atoms with Crippen LogP contribution in [0, 0.1) is 5.92 Å². The predicted molar refractivity (Wildman–Crippen MR) is 81.4 cm³/mol. The molecule has 0 fully saturated rings. The molecule has 1 aliphatic rings. The van der Waals surface area contributed by atoms with E-state index in [1.54, 1.807) is 18.9 Å². The zero-order valence-corrected chi connectivity index (χ0v) is 12.8. The Balaban J connectivity index is 2.02. The smallest absolute Gasteiger partial charge is 0.267 e. The van der Waals surface area contributed by atoms with Crippen molar-refractivity contribution < 1.29 is 9.53 Å². The number of carbonyl (C=O) groups is 1. The van der Waals surface area contributed by atoms with E-state index in [1.165, 1.54) is 5.56 Å². The molecule has 1 amide bonds. The summed E-state index contributed by atoms with van der Waals surface area (Å²) in [7, 11) is 1.81. The van der Waals surface area contributed by atoms with Gasteiger partial charge in [0.15, 0.2) is 6.10 Å². The summed E-state index contributed by atoms with van der Waals surface area (Å²) < 4.78 is 5.62. The van der Waals surface area contributed by atoms with E-state index < -0.39 is 6.10 Å². The highest BCUT2D eigenvalue weighted by atomic mass is 16.5. The topological polar surface area (TPSA) is 41.6 Å². The predicted octanol–water partition coefficient (Wildman–Crippen LogP) is 2.22. The first-order valence-electron chi connectivity index (χ1n) is 7.27. The molecule has 0 aliphatic carbocycles. The van der Waals surface area contributed by atoms with Crippen LogP contribution in [0.15, 0.2) is 18.2 Å². The average molecular weight is 276 g/mol. The quantitative estimate of drug-likeness (QED) is 0.838. The first-order valence-corrected chi connectivity index (χ1v) is 7.27. The third-order valence-electron chi connectivity index (χ3n) is 3.51. The number of nitrogens with one attached hydrogen (secondary N) is 1. The molecule has 1 unspecified atom stereocenters. The lowest BCUT2D eigenvalue weighted by molar-refractivity contribution is -0.125. The minimum atomic E-state index is -0.397. The number of fused-ring (bicyclic) bond motifs is 1. The van der Waals surface area contributed by atoms with E-state index in [0.29, 0.717) is 5.92 Å². The SMILES string of the molecule is CC(C)CNCCc1ccc2c(c1)N(C)C(=O)C(C)O2. The zero-order chi connectivity index (χ0) is 14.7. The minimum absolute atomic E-state index is 0.00702. The highest BCUT2D eigenvalue weighted by Crippen LogP contribution is 2.33. The number of nitrogens with zero attached hydrogens (tertiary/aromatic N) is 1. The molecule has 1 N–H and O–H groups in total. The zero-order valence-electron chi connectivity index (χ0n) is 12.8. The summed E-state index contributed by atoms with van der Waals surface area (Å²) in [6.45, 7) is 8.16. The molecule has 2 rings (SSSR count). The molecule has 0 saturated heterocycles. The molecule has 0 bridgehead atoms.